The summed E-state index contributed by atoms with van der Waals surface area (Å²) in [6, 6.07) is 11.3. The Hall–Kier alpha value is -2.14. The molecule has 0 saturated heterocycles. The van der Waals surface area contributed by atoms with E-state index in [1.54, 1.807) is 35.6 Å². The van der Waals surface area contributed by atoms with Crippen LogP contribution in [0.4, 0.5) is 0 Å². The lowest BCUT2D eigenvalue weighted by molar-refractivity contribution is 0.726. The van der Waals surface area contributed by atoms with E-state index in [0.29, 0.717) is 5.39 Å². The van der Waals surface area contributed by atoms with E-state index in [1.807, 2.05) is 36.5 Å². The number of nitrogens with zero attached hydrogens (tertiary/aromatic N) is 3. The largest absolute Gasteiger partial charge is 0.290 e. The van der Waals surface area contributed by atoms with Crippen LogP contribution < -0.4 is 5.56 Å². The first kappa shape index (κ1) is 12.9. The van der Waals surface area contributed by atoms with Crippen molar-refractivity contribution in [1.29, 1.82) is 0 Å². The average Bonchev–Trinajstić information content (AvgIpc) is 2.50. The zero-order chi connectivity index (χ0) is 13.9. The summed E-state index contributed by atoms with van der Waals surface area (Å²) in [4.78, 5) is 20.9. The van der Waals surface area contributed by atoms with Crippen molar-refractivity contribution in [3.8, 4) is 0 Å². The Morgan fingerprint density at radius 3 is 2.85 bits per heavy atom. The van der Waals surface area contributed by atoms with Crippen LogP contribution in [0.3, 0.4) is 0 Å². The fourth-order valence-corrected chi connectivity index (χ4v) is 2.86. The van der Waals surface area contributed by atoms with E-state index < -0.39 is 0 Å². The molecule has 0 aliphatic carbocycles. The van der Waals surface area contributed by atoms with Gasteiger partial charge in [0, 0.05) is 25.2 Å². The van der Waals surface area contributed by atoms with E-state index in [4.69, 9.17) is 0 Å². The molecular weight excluding hydrogens is 270 g/mol. The lowest BCUT2D eigenvalue weighted by Gasteiger charge is -2.08. The summed E-state index contributed by atoms with van der Waals surface area (Å²) >= 11 is 1.54. The first-order valence-electron chi connectivity index (χ1n) is 6.23. The second-order valence-corrected chi connectivity index (χ2v) is 5.37. The lowest BCUT2D eigenvalue weighted by Crippen LogP contribution is -2.19. The van der Waals surface area contributed by atoms with Gasteiger partial charge in [-0.15, -0.1) is 0 Å². The number of fused-ring (bicyclic) bond motifs is 1. The molecule has 100 valence electrons. The Morgan fingerprint density at radius 1 is 1.20 bits per heavy atom. The molecule has 3 rings (SSSR count). The quantitative estimate of drug-likeness (QED) is 0.547. The summed E-state index contributed by atoms with van der Waals surface area (Å²) in [5.74, 6) is 0.743. The third-order valence-electron chi connectivity index (χ3n) is 3.03. The lowest BCUT2D eigenvalue weighted by atomic mass is 10.2. The molecule has 0 radical (unpaired) electrons. The SMILES string of the molecule is Cn1c(SCc2cccnc2)nc2ccccc2c1=O. The molecule has 4 nitrogen and oxygen atoms in total. The minimum atomic E-state index is -0.00992. The third-order valence-corrected chi connectivity index (χ3v) is 4.13. The predicted octanol–water partition coefficient (Wildman–Crippen LogP) is 2.62. The molecule has 0 bridgehead atoms. The molecule has 0 spiro atoms. The molecule has 0 fully saturated rings. The van der Waals surface area contributed by atoms with Gasteiger partial charge in [-0.05, 0) is 23.8 Å². The van der Waals surface area contributed by atoms with Crippen molar-refractivity contribution < 1.29 is 0 Å². The topological polar surface area (TPSA) is 47.8 Å². The van der Waals surface area contributed by atoms with Gasteiger partial charge in [0.15, 0.2) is 5.16 Å². The fraction of sp³-hybridized carbons (Fsp3) is 0.133. The molecule has 0 aliphatic heterocycles. The Kier molecular flexibility index (Phi) is 3.52. The van der Waals surface area contributed by atoms with Crippen LogP contribution in [0.2, 0.25) is 0 Å². The second-order valence-electron chi connectivity index (χ2n) is 4.43. The van der Waals surface area contributed by atoms with Crippen LogP contribution in [-0.4, -0.2) is 14.5 Å². The summed E-state index contributed by atoms with van der Waals surface area (Å²) in [7, 11) is 1.76. The number of thioether (sulfide) groups is 1. The van der Waals surface area contributed by atoms with Crippen LogP contribution in [-0.2, 0) is 12.8 Å². The van der Waals surface area contributed by atoms with E-state index in [1.165, 1.54) is 0 Å². The summed E-state index contributed by atoms with van der Waals surface area (Å²) in [6.07, 6.45) is 3.57. The highest BCUT2D eigenvalue weighted by atomic mass is 32.2. The molecule has 0 atom stereocenters. The summed E-state index contributed by atoms with van der Waals surface area (Å²) in [6.45, 7) is 0. The highest BCUT2D eigenvalue weighted by Gasteiger charge is 2.08. The van der Waals surface area contributed by atoms with Gasteiger partial charge in [0.2, 0.25) is 0 Å². The minimum Gasteiger partial charge on any atom is -0.290 e. The predicted molar refractivity (Wildman–Crippen MR) is 80.8 cm³/mol. The van der Waals surface area contributed by atoms with Gasteiger partial charge in [-0.2, -0.15) is 0 Å². The molecule has 1 aromatic carbocycles. The van der Waals surface area contributed by atoms with Crippen molar-refractivity contribution >= 4 is 22.7 Å². The third kappa shape index (κ3) is 2.44. The molecular formula is C15H13N3OS. The van der Waals surface area contributed by atoms with Crippen molar-refractivity contribution in [3.63, 3.8) is 0 Å². The number of rotatable bonds is 3. The van der Waals surface area contributed by atoms with Crippen LogP contribution in [0.15, 0.2) is 58.7 Å². The normalized spacial score (nSPS) is 10.8. The number of hydrogen-bond donors (Lipinski definition) is 0. The highest BCUT2D eigenvalue weighted by molar-refractivity contribution is 7.98. The maximum atomic E-state index is 12.3. The minimum absolute atomic E-state index is 0.00992. The number of aromatic nitrogens is 3. The van der Waals surface area contributed by atoms with Gasteiger partial charge < -0.3 is 0 Å². The average molecular weight is 283 g/mol. The first-order valence-corrected chi connectivity index (χ1v) is 7.22. The van der Waals surface area contributed by atoms with Crippen LogP contribution in [0, 0.1) is 0 Å². The van der Waals surface area contributed by atoms with E-state index in [0.717, 1.165) is 22.0 Å². The second kappa shape index (κ2) is 5.46. The molecule has 3 aromatic rings. The van der Waals surface area contributed by atoms with Crippen LogP contribution in [0.25, 0.3) is 10.9 Å². The molecule has 0 aliphatic rings. The maximum Gasteiger partial charge on any atom is 0.261 e. The number of benzene rings is 1. The van der Waals surface area contributed by atoms with E-state index in [2.05, 4.69) is 9.97 Å². The Bertz CT molecular complexity index is 799. The zero-order valence-corrected chi connectivity index (χ0v) is 11.8. The fourth-order valence-electron chi connectivity index (χ4n) is 1.96. The van der Waals surface area contributed by atoms with Crippen LogP contribution >= 0.6 is 11.8 Å². The van der Waals surface area contributed by atoms with Crippen molar-refractivity contribution in [2.45, 2.75) is 10.9 Å². The van der Waals surface area contributed by atoms with E-state index in [-0.39, 0.29) is 5.56 Å². The monoisotopic (exact) mass is 283 g/mol. The van der Waals surface area contributed by atoms with E-state index in [9.17, 15) is 4.79 Å². The van der Waals surface area contributed by atoms with Crippen LogP contribution in [0.1, 0.15) is 5.56 Å². The Labute approximate surface area is 120 Å². The van der Waals surface area contributed by atoms with Gasteiger partial charge >= 0.3 is 0 Å². The van der Waals surface area contributed by atoms with Gasteiger partial charge in [-0.3, -0.25) is 14.3 Å². The van der Waals surface area contributed by atoms with Gasteiger partial charge in [0.05, 0.1) is 10.9 Å². The summed E-state index contributed by atoms with van der Waals surface area (Å²) in [5.41, 5.74) is 1.84. The maximum absolute atomic E-state index is 12.3. The van der Waals surface area contributed by atoms with E-state index >= 15 is 0 Å². The number of hydrogen-bond acceptors (Lipinski definition) is 4. The molecule has 2 heterocycles. The van der Waals surface area contributed by atoms with Gasteiger partial charge in [0.1, 0.15) is 0 Å². The van der Waals surface area contributed by atoms with Gasteiger partial charge in [-0.1, -0.05) is 30.0 Å². The molecule has 0 N–H and O–H groups in total. The Morgan fingerprint density at radius 2 is 2.05 bits per heavy atom. The van der Waals surface area contributed by atoms with Gasteiger partial charge in [-0.25, -0.2) is 4.98 Å². The highest BCUT2D eigenvalue weighted by Crippen LogP contribution is 2.20. The molecule has 0 amide bonds. The van der Waals surface area contributed by atoms with Crippen LogP contribution in [0.5, 0.6) is 0 Å². The standard InChI is InChI=1S/C15H13N3OS/c1-18-14(19)12-6-2-3-7-13(12)17-15(18)20-10-11-5-4-8-16-9-11/h2-9H,10H2,1H3. The van der Waals surface area contributed by atoms with Gasteiger partial charge in [0.25, 0.3) is 5.56 Å². The number of pyridine rings is 1. The Balaban J connectivity index is 1.96. The molecule has 0 saturated carbocycles. The molecule has 2 aromatic heterocycles. The first-order chi connectivity index (χ1) is 9.75. The molecule has 5 heteroatoms. The summed E-state index contributed by atoms with van der Waals surface area (Å²) in [5, 5.41) is 1.37. The zero-order valence-electron chi connectivity index (χ0n) is 11.0. The van der Waals surface area contributed by atoms with Crippen molar-refractivity contribution in [2.75, 3.05) is 0 Å². The smallest absolute Gasteiger partial charge is 0.261 e. The van der Waals surface area contributed by atoms with Crippen molar-refractivity contribution in [2.24, 2.45) is 7.05 Å². The molecule has 0 unspecified atom stereocenters. The summed E-state index contributed by atoms with van der Waals surface area (Å²) < 4.78 is 1.60. The van der Waals surface area contributed by atoms with Crippen molar-refractivity contribution in [3.05, 3.63) is 64.7 Å². The number of para-hydroxylation sites is 1. The van der Waals surface area contributed by atoms with Crippen molar-refractivity contribution in [1.82, 2.24) is 14.5 Å². The molecule has 20 heavy (non-hydrogen) atoms.